The van der Waals surface area contributed by atoms with Crippen LogP contribution in [-0.2, 0) is 0 Å². The summed E-state index contributed by atoms with van der Waals surface area (Å²) in [6.45, 7) is 1.95. The van der Waals surface area contributed by atoms with Crippen LogP contribution in [0, 0.1) is 6.92 Å². The fraction of sp³-hybridized carbons (Fsp3) is 0.0833. The van der Waals surface area contributed by atoms with Crippen LogP contribution in [0.4, 0.5) is 0 Å². The number of aryl methyl sites for hydroxylation is 1. The molecule has 18 heavy (non-hydrogen) atoms. The summed E-state index contributed by atoms with van der Waals surface area (Å²) < 4.78 is 1.76. The molecule has 0 spiro atoms. The SMILES string of the molecule is Cc1nc(-n2cnnc2)ccc1-c1cncnc1. The lowest BCUT2D eigenvalue weighted by molar-refractivity contribution is 0.974. The van der Waals surface area contributed by atoms with Gasteiger partial charge >= 0.3 is 0 Å². The largest absolute Gasteiger partial charge is 0.272 e. The van der Waals surface area contributed by atoms with Crippen LogP contribution in [0.5, 0.6) is 0 Å². The smallest absolute Gasteiger partial charge is 0.139 e. The normalized spacial score (nSPS) is 10.5. The number of aromatic nitrogens is 6. The molecule has 3 aromatic heterocycles. The number of rotatable bonds is 2. The molecule has 3 heterocycles. The Kier molecular flexibility index (Phi) is 2.53. The number of hydrogen-bond donors (Lipinski definition) is 0. The molecule has 0 aliphatic heterocycles. The highest BCUT2D eigenvalue weighted by Crippen LogP contribution is 2.21. The maximum Gasteiger partial charge on any atom is 0.139 e. The lowest BCUT2D eigenvalue weighted by Gasteiger charge is -2.07. The van der Waals surface area contributed by atoms with E-state index in [-0.39, 0.29) is 0 Å². The van der Waals surface area contributed by atoms with E-state index in [0.717, 1.165) is 22.6 Å². The molecule has 0 aliphatic carbocycles. The third kappa shape index (κ3) is 1.84. The quantitative estimate of drug-likeness (QED) is 0.675. The van der Waals surface area contributed by atoms with Crippen LogP contribution in [0.3, 0.4) is 0 Å². The summed E-state index contributed by atoms with van der Waals surface area (Å²) in [7, 11) is 0. The van der Waals surface area contributed by atoms with Gasteiger partial charge in [-0.15, -0.1) is 10.2 Å². The van der Waals surface area contributed by atoms with Crippen LogP contribution >= 0.6 is 0 Å². The second-order valence-electron chi connectivity index (χ2n) is 3.80. The number of pyridine rings is 1. The van der Waals surface area contributed by atoms with Gasteiger partial charge in [-0.05, 0) is 19.1 Å². The van der Waals surface area contributed by atoms with Crippen LogP contribution in [0.2, 0.25) is 0 Å². The van der Waals surface area contributed by atoms with E-state index in [2.05, 4.69) is 25.1 Å². The van der Waals surface area contributed by atoms with E-state index in [1.165, 1.54) is 6.33 Å². The van der Waals surface area contributed by atoms with Gasteiger partial charge in [-0.3, -0.25) is 4.57 Å². The Labute approximate surface area is 103 Å². The standard InChI is InChI=1S/C12H10N6/c1-9-11(10-4-13-6-14-5-10)2-3-12(17-9)18-7-15-16-8-18/h2-8H,1H3. The predicted molar refractivity (Wildman–Crippen MR) is 64.9 cm³/mol. The molecule has 0 aromatic carbocycles. The van der Waals surface area contributed by atoms with Crippen molar-refractivity contribution in [2.75, 3.05) is 0 Å². The van der Waals surface area contributed by atoms with E-state index in [4.69, 9.17) is 0 Å². The Morgan fingerprint density at radius 2 is 1.72 bits per heavy atom. The highest BCUT2D eigenvalue weighted by molar-refractivity contribution is 5.64. The van der Waals surface area contributed by atoms with Crippen molar-refractivity contribution < 1.29 is 0 Å². The maximum atomic E-state index is 4.52. The summed E-state index contributed by atoms with van der Waals surface area (Å²) in [5.41, 5.74) is 2.89. The first-order valence-corrected chi connectivity index (χ1v) is 5.42. The van der Waals surface area contributed by atoms with Crippen molar-refractivity contribution in [2.24, 2.45) is 0 Å². The van der Waals surface area contributed by atoms with Crippen LogP contribution in [0.25, 0.3) is 16.9 Å². The summed E-state index contributed by atoms with van der Waals surface area (Å²) >= 11 is 0. The van der Waals surface area contributed by atoms with Gasteiger partial charge in [0.15, 0.2) is 0 Å². The van der Waals surface area contributed by atoms with E-state index in [1.807, 2.05) is 19.1 Å². The average molecular weight is 238 g/mol. The predicted octanol–water partition coefficient (Wildman–Crippen LogP) is 1.43. The van der Waals surface area contributed by atoms with Gasteiger partial charge in [0.05, 0.1) is 0 Å². The van der Waals surface area contributed by atoms with Crippen LogP contribution in [0.1, 0.15) is 5.69 Å². The van der Waals surface area contributed by atoms with Crippen molar-refractivity contribution in [3.8, 4) is 16.9 Å². The Bertz CT molecular complexity index is 648. The van der Waals surface area contributed by atoms with Gasteiger partial charge in [-0.1, -0.05) is 0 Å². The molecule has 88 valence electrons. The molecule has 0 saturated carbocycles. The molecule has 0 radical (unpaired) electrons. The fourth-order valence-electron chi connectivity index (χ4n) is 1.75. The van der Waals surface area contributed by atoms with E-state index in [9.17, 15) is 0 Å². The first kappa shape index (κ1) is 10.5. The highest BCUT2D eigenvalue weighted by Gasteiger charge is 2.06. The lowest BCUT2D eigenvalue weighted by atomic mass is 10.1. The van der Waals surface area contributed by atoms with Crippen molar-refractivity contribution >= 4 is 0 Å². The Morgan fingerprint density at radius 3 is 2.39 bits per heavy atom. The minimum absolute atomic E-state index is 0.790. The Morgan fingerprint density at radius 1 is 1.00 bits per heavy atom. The first-order chi connectivity index (χ1) is 8.84. The molecule has 0 bridgehead atoms. The number of nitrogens with zero attached hydrogens (tertiary/aromatic N) is 6. The summed E-state index contributed by atoms with van der Waals surface area (Å²) in [5, 5.41) is 7.52. The summed E-state index contributed by atoms with van der Waals surface area (Å²) in [4.78, 5) is 12.5. The van der Waals surface area contributed by atoms with Gasteiger partial charge < -0.3 is 0 Å². The first-order valence-electron chi connectivity index (χ1n) is 5.42. The van der Waals surface area contributed by atoms with Crippen molar-refractivity contribution in [1.29, 1.82) is 0 Å². The van der Waals surface area contributed by atoms with Gasteiger partial charge in [0, 0.05) is 29.2 Å². The molecule has 0 fully saturated rings. The molecular formula is C12H10N6. The van der Waals surface area contributed by atoms with Gasteiger partial charge in [-0.2, -0.15) is 0 Å². The zero-order chi connectivity index (χ0) is 12.4. The molecule has 0 saturated heterocycles. The van der Waals surface area contributed by atoms with Gasteiger partial charge in [0.2, 0.25) is 0 Å². The molecule has 3 rings (SSSR count). The van der Waals surface area contributed by atoms with E-state index in [0.29, 0.717) is 0 Å². The second kappa shape index (κ2) is 4.33. The molecule has 6 nitrogen and oxygen atoms in total. The van der Waals surface area contributed by atoms with E-state index < -0.39 is 0 Å². The summed E-state index contributed by atoms with van der Waals surface area (Å²) in [5.74, 6) is 0.790. The minimum Gasteiger partial charge on any atom is -0.272 e. The molecule has 0 N–H and O–H groups in total. The Hall–Kier alpha value is -2.63. The van der Waals surface area contributed by atoms with Crippen LogP contribution in [0.15, 0.2) is 43.5 Å². The lowest BCUT2D eigenvalue weighted by Crippen LogP contribution is -1.98. The fourth-order valence-corrected chi connectivity index (χ4v) is 1.75. The van der Waals surface area contributed by atoms with E-state index in [1.54, 1.807) is 29.6 Å². The zero-order valence-corrected chi connectivity index (χ0v) is 9.72. The van der Waals surface area contributed by atoms with Crippen molar-refractivity contribution in [1.82, 2.24) is 29.7 Å². The Balaban J connectivity index is 2.05. The van der Waals surface area contributed by atoms with Crippen molar-refractivity contribution in [3.05, 3.63) is 49.2 Å². The maximum absolute atomic E-state index is 4.52. The van der Waals surface area contributed by atoms with Crippen molar-refractivity contribution in [2.45, 2.75) is 6.92 Å². The molecule has 0 unspecified atom stereocenters. The summed E-state index contributed by atoms with van der Waals surface area (Å²) in [6, 6.07) is 3.91. The third-order valence-electron chi connectivity index (χ3n) is 2.63. The molecule has 3 aromatic rings. The average Bonchev–Trinajstić information content (AvgIpc) is 2.93. The highest BCUT2D eigenvalue weighted by atomic mass is 15.2. The summed E-state index contributed by atoms with van der Waals surface area (Å²) in [6.07, 6.45) is 8.29. The second-order valence-corrected chi connectivity index (χ2v) is 3.80. The molecule has 0 amide bonds. The van der Waals surface area contributed by atoms with E-state index >= 15 is 0 Å². The molecule has 6 heteroatoms. The number of hydrogen-bond acceptors (Lipinski definition) is 5. The topological polar surface area (TPSA) is 69.4 Å². The van der Waals surface area contributed by atoms with Gasteiger partial charge in [0.25, 0.3) is 0 Å². The molecule has 0 atom stereocenters. The minimum atomic E-state index is 0.790. The molecular weight excluding hydrogens is 228 g/mol. The van der Waals surface area contributed by atoms with Crippen LogP contribution < -0.4 is 0 Å². The van der Waals surface area contributed by atoms with Gasteiger partial charge in [0.1, 0.15) is 24.8 Å². The van der Waals surface area contributed by atoms with Gasteiger partial charge in [-0.25, -0.2) is 15.0 Å². The third-order valence-corrected chi connectivity index (χ3v) is 2.63. The zero-order valence-electron chi connectivity index (χ0n) is 9.72. The monoisotopic (exact) mass is 238 g/mol. The molecule has 0 aliphatic rings. The van der Waals surface area contributed by atoms with Crippen LogP contribution in [-0.4, -0.2) is 29.7 Å². The van der Waals surface area contributed by atoms with Crippen molar-refractivity contribution in [3.63, 3.8) is 0 Å².